The Hall–Kier alpha value is -2.04. The molecule has 0 saturated carbocycles. The average Bonchev–Trinajstić information content (AvgIpc) is 2.47. The van der Waals surface area contributed by atoms with E-state index in [1.165, 1.54) is 0 Å². The van der Waals surface area contributed by atoms with Crippen LogP contribution in [-0.2, 0) is 0 Å². The summed E-state index contributed by atoms with van der Waals surface area (Å²) in [5.41, 5.74) is 0.336. The van der Waals surface area contributed by atoms with Gasteiger partial charge in [-0.05, 0) is 35.4 Å². The molecule has 0 aliphatic heterocycles. The third kappa shape index (κ3) is 4.48. The summed E-state index contributed by atoms with van der Waals surface area (Å²) in [7, 11) is 0. The lowest BCUT2D eigenvalue weighted by Gasteiger charge is -2.13. The molecular weight excluding hydrogens is 327 g/mol. The predicted octanol–water partition coefficient (Wildman–Crippen LogP) is 5.31. The van der Waals surface area contributed by atoms with Crippen LogP contribution in [0.25, 0.3) is 0 Å². The third-order valence-corrected chi connectivity index (χ3v) is 3.31. The quantitative estimate of drug-likeness (QED) is 0.708. The highest BCUT2D eigenvalue weighted by Gasteiger charge is 2.10. The topological polar surface area (TPSA) is 52.6 Å². The Morgan fingerprint density at radius 3 is 1.36 bits per heavy atom. The van der Waals surface area contributed by atoms with Gasteiger partial charge in [0.25, 0.3) is 0 Å². The third-order valence-electron chi connectivity index (χ3n) is 3.16. The van der Waals surface area contributed by atoms with Gasteiger partial charge in [0.05, 0.1) is 0 Å². The van der Waals surface area contributed by atoms with E-state index in [1.54, 1.807) is 24.3 Å². The van der Waals surface area contributed by atoms with Gasteiger partial charge >= 0.3 is 10.9 Å². The largest absolute Gasteiger partial charge is 0.415 e. The molecule has 2 rings (SSSR count). The Balaban J connectivity index is 2.11. The number of hydrogen-bond acceptors (Lipinski definition) is 4. The molecule has 0 aliphatic rings. The Morgan fingerprint density at radius 2 is 1.09 bits per heavy atom. The monoisotopic (exact) mass is 338 g/mol. The van der Waals surface area contributed by atoms with Crippen molar-refractivity contribution in [2.75, 3.05) is 0 Å². The first-order valence-corrected chi connectivity index (χ1v) is 7.16. The van der Waals surface area contributed by atoms with Gasteiger partial charge in [-0.2, -0.15) is 0 Å². The van der Waals surface area contributed by atoms with Crippen molar-refractivity contribution in [3.8, 4) is 11.5 Å². The van der Waals surface area contributed by atoms with Crippen molar-refractivity contribution in [3.05, 3.63) is 59.7 Å². The molecular formula is C16H12Cl2O4. The smallest absolute Gasteiger partial charge is 0.409 e. The first-order chi connectivity index (χ1) is 10.5. The minimum Gasteiger partial charge on any atom is -0.415 e. The van der Waals surface area contributed by atoms with Crippen LogP contribution < -0.4 is 9.47 Å². The van der Waals surface area contributed by atoms with Gasteiger partial charge in [0, 0.05) is 29.1 Å². The van der Waals surface area contributed by atoms with E-state index in [0.29, 0.717) is 11.5 Å². The van der Waals surface area contributed by atoms with Crippen LogP contribution in [0.1, 0.15) is 24.0 Å². The Kier molecular flexibility index (Phi) is 5.41. The zero-order valence-corrected chi connectivity index (χ0v) is 13.1. The second kappa shape index (κ2) is 7.29. The molecule has 0 bridgehead atoms. The van der Waals surface area contributed by atoms with E-state index >= 15 is 0 Å². The number of benzene rings is 2. The zero-order chi connectivity index (χ0) is 16.1. The number of rotatable bonds is 4. The summed E-state index contributed by atoms with van der Waals surface area (Å²) in [5, 5.41) is 0. The van der Waals surface area contributed by atoms with Gasteiger partial charge in [-0.15, -0.1) is 0 Å². The molecule has 114 valence electrons. The molecule has 0 radical (unpaired) electrons. The predicted molar refractivity (Wildman–Crippen MR) is 84.2 cm³/mol. The van der Waals surface area contributed by atoms with Crippen LogP contribution in [0.3, 0.4) is 0 Å². The highest BCUT2D eigenvalue weighted by Crippen LogP contribution is 2.27. The molecule has 4 nitrogen and oxygen atoms in total. The molecule has 0 atom stereocenters. The van der Waals surface area contributed by atoms with Crippen molar-refractivity contribution >= 4 is 34.1 Å². The Bertz CT molecular complexity index is 606. The highest BCUT2D eigenvalue weighted by atomic mass is 35.5. The summed E-state index contributed by atoms with van der Waals surface area (Å²) >= 11 is 10.3. The van der Waals surface area contributed by atoms with Crippen molar-refractivity contribution in [2.45, 2.75) is 12.8 Å². The van der Waals surface area contributed by atoms with E-state index in [1.807, 2.05) is 31.2 Å². The van der Waals surface area contributed by atoms with Crippen LogP contribution in [-0.4, -0.2) is 10.9 Å². The zero-order valence-electron chi connectivity index (χ0n) is 11.6. The molecule has 0 heterocycles. The van der Waals surface area contributed by atoms with Crippen molar-refractivity contribution < 1.29 is 19.1 Å². The minimum absolute atomic E-state index is 0.113. The Labute approximate surface area is 137 Å². The highest BCUT2D eigenvalue weighted by molar-refractivity contribution is 6.61. The van der Waals surface area contributed by atoms with Gasteiger partial charge in [-0.25, -0.2) is 9.59 Å². The first-order valence-electron chi connectivity index (χ1n) is 6.40. The molecule has 0 aromatic heterocycles. The summed E-state index contributed by atoms with van der Waals surface area (Å²) in [6.45, 7) is 2.03. The molecule has 22 heavy (non-hydrogen) atoms. The molecule has 0 spiro atoms. The van der Waals surface area contributed by atoms with E-state index in [2.05, 4.69) is 0 Å². The van der Waals surface area contributed by atoms with Gasteiger partial charge in [-0.1, -0.05) is 31.2 Å². The minimum atomic E-state index is -0.870. The maximum absolute atomic E-state index is 10.7. The molecule has 2 aromatic rings. The molecule has 0 unspecified atom stereocenters. The molecule has 0 fully saturated rings. The maximum atomic E-state index is 10.7. The number of carbonyl (C=O) groups is 2. The van der Waals surface area contributed by atoms with Gasteiger partial charge in [-0.3, -0.25) is 0 Å². The molecule has 0 aliphatic carbocycles. The van der Waals surface area contributed by atoms with Crippen LogP contribution in [0.2, 0.25) is 0 Å². The number of carbonyl (C=O) groups excluding carboxylic acids is 2. The SMILES string of the molecule is CC(c1ccc(OC(=O)Cl)cc1)c1ccc(OC(=O)Cl)cc1. The van der Waals surface area contributed by atoms with Crippen LogP contribution in [0.4, 0.5) is 9.59 Å². The van der Waals surface area contributed by atoms with E-state index < -0.39 is 10.9 Å². The molecule has 2 aromatic carbocycles. The molecule has 6 heteroatoms. The van der Waals surface area contributed by atoms with Gasteiger partial charge in [0.1, 0.15) is 11.5 Å². The fraction of sp³-hybridized carbons (Fsp3) is 0.125. The van der Waals surface area contributed by atoms with Gasteiger partial charge in [0.2, 0.25) is 0 Å². The van der Waals surface area contributed by atoms with E-state index in [0.717, 1.165) is 11.1 Å². The standard InChI is InChI=1S/C16H12Cl2O4/c1-10(11-2-6-13(7-3-11)21-15(17)19)12-4-8-14(9-5-12)22-16(18)20/h2-10H,1H3. The van der Waals surface area contributed by atoms with E-state index in [-0.39, 0.29) is 5.92 Å². The normalized spacial score (nSPS) is 10.4. The first kappa shape index (κ1) is 16.3. The summed E-state index contributed by atoms with van der Waals surface area (Å²) in [5.74, 6) is 0.891. The van der Waals surface area contributed by atoms with Crippen molar-refractivity contribution in [1.29, 1.82) is 0 Å². The number of halogens is 2. The lowest BCUT2D eigenvalue weighted by atomic mass is 9.93. The van der Waals surface area contributed by atoms with Crippen molar-refractivity contribution in [1.82, 2.24) is 0 Å². The summed E-state index contributed by atoms with van der Waals surface area (Å²) in [4.78, 5) is 21.3. The molecule has 0 amide bonds. The average molecular weight is 339 g/mol. The summed E-state index contributed by atoms with van der Waals surface area (Å²) in [6, 6.07) is 14.1. The lowest BCUT2D eigenvalue weighted by Crippen LogP contribution is -1.99. The van der Waals surface area contributed by atoms with Crippen LogP contribution in [0, 0.1) is 0 Å². The van der Waals surface area contributed by atoms with Crippen molar-refractivity contribution in [3.63, 3.8) is 0 Å². The lowest BCUT2D eigenvalue weighted by molar-refractivity contribution is 0.224. The molecule has 0 N–H and O–H groups in total. The fourth-order valence-corrected chi connectivity index (χ4v) is 2.21. The van der Waals surface area contributed by atoms with E-state index in [9.17, 15) is 9.59 Å². The van der Waals surface area contributed by atoms with Crippen LogP contribution in [0.15, 0.2) is 48.5 Å². The number of ether oxygens (including phenoxy) is 2. The summed E-state index contributed by atoms with van der Waals surface area (Å²) in [6.07, 6.45) is 0. The summed E-state index contributed by atoms with van der Waals surface area (Å²) < 4.78 is 9.55. The van der Waals surface area contributed by atoms with Crippen LogP contribution in [0.5, 0.6) is 11.5 Å². The number of hydrogen-bond donors (Lipinski definition) is 0. The van der Waals surface area contributed by atoms with Crippen LogP contribution >= 0.6 is 23.2 Å². The fourth-order valence-electron chi connectivity index (χ4n) is 2.03. The van der Waals surface area contributed by atoms with E-state index in [4.69, 9.17) is 32.7 Å². The maximum Gasteiger partial charge on any atom is 0.409 e. The second-order valence-electron chi connectivity index (χ2n) is 4.54. The van der Waals surface area contributed by atoms with Gasteiger partial charge in [0.15, 0.2) is 0 Å². The Morgan fingerprint density at radius 1 is 0.773 bits per heavy atom. The van der Waals surface area contributed by atoms with Gasteiger partial charge < -0.3 is 9.47 Å². The van der Waals surface area contributed by atoms with Crippen molar-refractivity contribution in [2.24, 2.45) is 0 Å². The molecule has 0 saturated heterocycles. The second-order valence-corrected chi connectivity index (χ2v) is 5.16.